The second kappa shape index (κ2) is 10.8. The van der Waals surface area contributed by atoms with E-state index in [-0.39, 0.29) is 24.6 Å². The Morgan fingerprint density at radius 1 is 1.17 bits per heavy atom. The maximum Gasteiger partial charge on any atom is 0.416 e. The zero-order chi connectivity index (χ0) is 25.9. The molecule has 0 unspecified atom stereocenters. The van der Waals surface area contributed by atoms with Crippen molar-refractivity contribution in [3.63, 3.8) is 0 Å². The number of benzene rings is 1. The minimum atomic E-state index is -4.48. The van der Waals surface area contributed by atoms with Crippen molar-refractivity contribution < 1.29 is 18.0 Å². The van der Waals surface area contributed by atoms with Crippen LogP contribution in [0.25, 0.3) is 5.70 Å². The van der Waals surface area contributed by atoms with Gasteiger partial charge in [0.15, 0.2) is 5.82 Å². The lowest BCUT2D eigenvalue weighted by Crippen LogP contribution is -2.51. The van der Waals surface area contributed by atoms with Gasteiger partial charge in [-0.3, -0.25) is 14.6 Å². The number of nitriles is 1. The summed E-state index contributed by atoms with van der Waals surface area (Å²) in [6.45, 7) is 5.75. The van der Waals surface area contributed by atoms with Gasteiger partial charge in [0, 0.05) is 38.3 Å². The van der Waals surface area contributed by atoms with Crippen LogP contribution in [0.15, 0.2) is 36.5 Å². The molecule has 1 amide bonds. The number of rotatable bonds is 7. The molecular formula is C25H30F3N7O. The molecule has 1 aromatic carbocycles. The van der Waals surface area contributed by atoms with Crippen molar-refractivity contribution in [3.05, 3.63) is 53.2 Å². The Balaban J connectivity index is 1.46. The molecule has 0 atom stereocenters. The SMILES string of the molecule is CN(C)CCCN1CCN(CC(=O)N2CC=C(c3cccc(C(F)(F)F)c3)n3ncc(C#N)c32)CC1. The molecule has 11 heteroatoms. The van der Waals surface area contributed by atoms with E-state index in [0.29, 0.717) is 17.1 Å². The number of fused-ring (bicyclic) bond motifs is 1. The maximum absolute atomic E-state index is 13.3. The highest BCUT2D eigenvalue weighted by Gasteiger charge is 2.33. The Morgan fingerprint density at radius 3 is 2.56 bits per heavy atom. The molecule has 0 spiro atoms. The fraction of sp³-hybridized carbons (Fsp3) is 0.480. The number of aromatic nitrogens is 2. The zero-order valence-corrected chi connectivity index (χ0v) is 20.5. The van der Waals surface area contributed by atoms with E-state index in [1.165, 1.54) is 21.8 Å². The zero-order valence-electron chi connectivity index (χ0n) is 20.5. The number of nitrogens with zero attached hydrogens (tertiary/aromatic N) is 7. The van der Waals surface area contributed by atoms with Gasteiger partial charge in [0.2, 0.25) is 5.91 Å². The number of anilines is 1. The van der Waals surface area contributed by atoms with Crippen LogP contribution in [0.2, 0.25) is 0 Å². The molecular weight excluding hydrogens is 471 g/mol. The average molecular weight is 502 g/mol. The lowest BCUT2D eigenvalue weighted by Gasteiger charge is -2.36. The fourth-order valence-electron chi connectivity index (χ4n) is 4.58. The monoisotopic (exact) mass is 501 g/mol. The Labute approximate surface area is 208 Å². The third-order valence-corrected chi connectivity index (χ3v) is 6.51. The minimum Gasteiger partial charge on any atom is -0.309 e. The Bertz CT molecular complexity index is 1160. The van der Waals surface area contributed by atoms with Gasteiger partial charge in [-0.15, -0.1) is 0 Å². The molecule has 4 rings (SSSR count). The van der Waals surface area contributed by atoms with Crippen molar-refractivity contribution >= 4 is 17.4 Å². The number of alkyl halides is 3. The topological polar surface area (TPSA) is 71.6 Å². The first-order chi connectivity index (χ1) is 17.2. The standard InChI is InChI=1S/C25H30F3N7O/c1-31(2)8-4-9-32-11-13-33(14-12-32)18-23(36)34-10-7-22(35-24(34)20(16-29)17-30-35)19-5-3-6-21(15-19)25(26,27)28/h3,5-7,15,17H,4,8-14,18H2,1-2H3. The molecule has 192 valence electrons. The lowest BCUT2D eigenvalue weighted by atomic mass is 10.1. The summed E-state index contributed by atoms with van der Waals surface area (Å²) in [4.78, 5) is 21.5. The average Bonchev–Trinajstić information content (AvgIpc) is 3.28. The normalized spacial score (nSPS) is 17.1. The molecule has 0 N–H and O–H groups in total. The van der Waals surface area contributed by atoms with Crippen LogP contribution in [0.1, 0.15) is 23.1 Å². The Hall–Kier alpha value is -3.20. The Morgan fingerprint density at radius 2 is 1.89 bits per heavy atom. The number of carbonyl (C=O) groups excluding carboxylic acids is 1. The number of hydrogen-bond acceptors (Lipinski definition) is 6. The summed E-state index contributed by atoms with van der Waals surface area (Å²) in [6.07, 6.45) is -0.359. The van der Waals surface area contributed by atoms with Crippen LogP contribution in [-0.4, -0.2) is 96.8 Å². The van der Waals surface area contributed by atoms with Crippen LogP contribution in [0.3, 0.4) is 0 Å². The predicted molar refractivity (Wildman–Crippen MR) is 130 cm³/mol. The van der Waals surface area contributed by atoms with E-state index in [4.69, 9.17) is 0 Å². The van der Waals surface area contributed by atoms with Gasteiger partial charge >= 0.3 is 6.18 Å². The maximum atomic E-state index is 13.3. The molecule has 1 saturated heterocycles. The van der Waals surface area contributed by atoms with E-state index in [0.717, 1.165) is 57.8 Å². The summed E-state index contributed by atoms with van der Waals surface area (Å²) in [5.41, 5.74) is 0.158. The summed E-state index contributed by atoms with van der Waals surface area (Å²) in [6, 6.07) is 7.02. The van der Waals surface area contributed by atoms with Crippen LogP contribution >= 0.6 is 0 Å². The van der Waals surface area contributed by atoms with E-state index in [1.54, 1.807) is 12.1 Å². The number of hydrogen-bond donors (Lipinski definition) is 0. The third kappa shape index (κ3) is 5.78. The number of carbonyl (C=O) groups is 1. The van der Waals surface area contributed by atoms with Crippen molar-refractivity contribution in [3.8, 4) is 6.07 Å². The minimum absolute atomic E-state index is 0.148. The van der Waals surface area contributed by atoms with E-state index < -0.39 is 11.7 Å². The molecule has 3 heterocycles. The molecule has 1 aromatic heterocycles. The van der Waals surface area contributed by atoms with Crippen LogP contribution in [-0.2, 0) is 11.0 Å². The second-order valence-electron chi connectivity index (χ2n) is 9.35. The molecule has 0 aliphatic carbocycles. The smallest absolute Gasteiger partial charge is 0.309 e. The molecule has 1 fully saturated rings. The highest BCUT2D eigenvalue weighted by Crippen LogP contribution is 2.34. The first-order valence-electron chi connectivity index (χ1n) is 11.9. The summed E-state index contributed by atoms with van der Waals surface area (Å²) in [5.74, 6) is 0.119. The van der Waals surface area contributed by atoms with E-state index in [2.05, 4.69) is 40.0 Å². The van der Waals surface area contributed by atoms with Gasteiger partial charge in [-0.25, -0.2) is 4.68 Å². The van der Waals surface area contributed by atoms with E-state index >= 15 is 0 Å². The summed E-state index contributed by atoms with van der Waals surface area (Å²) in [5, 5.41) is 13.9. The van der Waals surface area contributed by atoms with Crippen LogP contribution in [0.4, 0.5) is 19.0 Å². The molecule has 2 aliphatic rings. The van der Waals surface area contributed by atoms with Gasteiger partial charge in [-0.1, -0.05) is 12.1 Å². The first-order valence-corrected chi connectivity index (χ1v) is 11.9. The quantitative estimate of drug-likeness (QED) is 0.581. The van der Waals surface area contributed by atoms with E-state index in [9.17, 15) is 23.2 Å². The van der Waals surface area contributed by atoms with E-state index in [1.807, 2.05) is 0 Å². The molecule has 0 radical (unpaired) electrons. The van der Waals surface area contributed by atoms with Crippen LogP contribution in [0.5, 0.6) is 0 Å². The number of amides is 1. The van der Waals surface area contributed by atoms with Gasteiger partial charge in [-0.05, 0) is 51.8 Å². The molecule has 2 aliphatic heterocycles. The molecule has 8 nitrogen and oxygen atoms in total. The van der Waals surface area contributed by atoms with Crippen molar-refractivity contribution in [2.75, 3.05) is 71.4 Å². The van der Waals surface area contributed by atoms with Crippen molar-refractivity contribution in [2.45, 2.75) is 12.6 Å². The van der Waals surface area contributed by atoms with Crippen molar-refractivity contribution in [1.29, 1.82) is 5.26 Å². The van der Waals surface area contributed by atoms with Gasteiger partial charge in [0.1, 0.15) is 11.6 Å². The van der Waals surface area contributed by atoms with Gasteiger partial charge in [0.25, 0.3) is 0 Å². The summed E-state index contributed by atoms with van der Waals surface area (Å²) < 4.78 is 41.1. The number of piperazine rings is 1. The summed E-state index contributed by atoms with van der Waals surface area (Å²) in [7, 11) is 4.12. The first kappa shape index (κ1) is 25.9. The Kier molecular flexibility index (Phi) is 7.78. The van der Waals surface area contributed by atoms with Gasteiger partial charge < -0.3 is 9.80 Å². The molecule has 2 aromatic rings. The van der Waals surface area contributed by atoms with Crippen LogP contribution < -0.4 is 4.90 Å². The predicted octanol–water partition coefficient (Wildman–Crippen LogP) is 2.58. The highest BCUT2D eigenvalue weighted by atomic mass is 19.4. The molecule has 36 heavy (non-hydrogen) atoms. The van der Waals surface area contributed by atoms with Crippen molar-refractivity contribution in [1.82, 2.24) is 24.5 Å². The summed E-state index contributed by atoms with van der Waals surface area (Å²) >= 11 is 0. The van der Waals surface area contributed by atoms with Gasteiger partial charge in [-0.2, -0.15) is 23.5 Å². The van der Waals surface area contributed by atoms with Crippen LogP contribution in [0, 0.1) is 11.3 Å². The lowest BCUT2D eigenvalue weighted by molar-refractivity contribution is -0.137. The third-order valence-electron chi connectivity index (χ3n) is 6.51. The molecule has 0 bridgehead atoms. The number of halogens is 3. The largest absolute Gasteiger partial charge is 0.416 e. The van der Waals surface area contributed by atoms with Gasteiger partial charge in [0.05, 0.1) is 24.0 Å². The second-order valence-corrected chi connectivity index (χ2v) is 9.35. The molecule has 0 saturated carbocycles. The van der Waals surface area contributed by atoms with Crippen molar-refractivity contribution in [2.24, 2.45) is 0 Å². The highest BCUT2D eigenvalue weighted by molar-refractivity contribution is 5.97. The fourth-order valence-corrected chi connectivity index (χ4v) is 4.58.